The Morgan fingerprint density at radius 2 is 1.94 bits per heavy atom. The van der Waals surface area contributed by atoms with Crippen LogP contribution in [0.25, 0.3) is 22.5 Å². The van der Waals surface area contributed by atoms with E-state index in [9.17, 15) is 26.4 Å². The van der Waals surface area contributed by atoms with Crippen molar-refractivity contribution in [2.75, 3.05) is 17.2 Å². The number of halogens is 3. The zero-order chi connectivity index (χ0) is 23.8. The first-order chi connectivity index (χ1) is 15.5. The molecule has 1 fully saturated rings. The highest BCUT2D eigenvalue weighted by Crippen LogP contribution is 2.32. The minimum absolute atomic E-state index is 0.0167. The number of anilines is 1. The van der Waals surface area contributed by atoms with Gasteiger partial charge in [0.15, 0.2) is 9.84 Å². The van der Waals surface area contributed by atoms with Crippen LogP contribution in [0.4, 0.5) is 18.9 Å². The van der Waals surface area contributed by atoms with Gasteiger partial charge in [-0.25, -0.2) is 13.4 Å². The molecule has 0 bridgehead atoms. The lowest BCUT2D eigenvalue weighted by Crippen LogP contribution is -2.36. The van der Waals surface area contributed by atoms with Crippen molar-refractivity contribution in [1.29, 1.82) is 0 Å². The minimum Gasteiger partial charge on any atom is -0.396 e. The predicted molar refractivity (Wildman–Crippen MR) is 115 cm³/mol. The van der Waals surface area contributed by atoms with Gasteiger partial charge in [-0.15, -0.1) is 0 Å². The van der Waals surface area contributed by atoms with Gasteiger partial charge in [-0.3, -0.25) is 14.8 Å². The second-order valence-electron chi connectivity index (χ2n) is 7.56. The van der Waals surface area contributed by atoms with Crippen LogP contribution in [0.5, 0.6) is 0 Å². The Morgan fingerprint density at radius 3 is 2.52 bits per heavy atom. The van der Waals surface area contributed by atoms with E-state index in [4.69, 9.17) is 5.73 Å². The molecule has 3 N–H and O–H groups in total. The summed E-state index contributed by atoms with van der Waals surface area (Å²) < 4.78 is 62.1. The summed E-state index contributed by atoms with van der Waals surface area (Å²) >= 11 is 0. The van der Waals surface area contributed by atoms with Gasteiger partial charge in [0, 0.05) is 35.8 Å². The maximum atomic E-state index is 13.0. The summed E-state index contributed by atoms with van der Waals surface area (Å²) in [6.45, 7) is 0. The molecule has 1 aliphatic rings. The maximum absolute atomic E-state index is 13.0. The number of pyridine rings is 3. The number of hydrogen-bond acceptors (Lipinski definition) is 7. The first-order valence-electron chi connectivity index (χ1n) is 9.79. The van der Waals surface area contributed by atoms with Crippen LogP contribution in [0.1, 0.15) is 22.5 Å². The van der Waals surface area contributed by atoms with E-state index < -0.39 is 33.7 Å². The third kappa shape index (κ3) is 4.95. The lowest BCUT2D eigenvalue weighted by atomic mass is 10.0. The number of hydrogen-bond donors (Lipinski definition) is 2. The number of sulfone groups is 1. The molecule has 0 aromatic carbocycles. The third-order valence-corrected chi connectivity index (χ3v) is 6.92. The van der Waals surface area contributed by atoms with Crippen molar-refractivity contribution in [3.8, 4) is 22.5 Å². The van der Waals surface area contributed by atoms with E-state index in [-0.39, 0.29) is 46.1 Å². The number of amides is 1. The molecule has 0 radical (unpaired) electrons. The van der Waals surface area contributed by atoms with Gasteiger partial charge in [-0.1, -0.05) is 0 Å². The fourth-order valence-corrected chi connectivity index (χ4v) is 5.17. The van der Waals surface area contributed by atoms with Gasteiger partial charge in [-0.05, 0) is 36.8 Å². The SMILES string of the molecule is Nc1c(C(=O)NC2CCS(=O)(=O)C2)cc(-c2ccc(C(F)(F)F)nc2)nc1-c1cccnc1. The van der Waals surface area contributed by atoms with Gasteiger partial charge in [-0.2, -0.15) is 13.2 Å². The molecule has 1 amide bonds. The van der Waals surface area contributed by atoms with Crippen molar-refractivity contribution in [2.24, 2.45) is 0 Å². The highest BCUT2D eigenvalue weighted by atomic mass is 32.2. The summed E-state index contributed by atoms with van der Waals surface area (Å²) in [5, 5.41) is 2.67. The fourth-order valence-electron chi connectivity index (χ4n) is 3.50. The normalized spacial score (nSPS) is 17.6. The number of aromatic nitrogens is 3. The Bertz CT molecular complexity index is 1300. The molecule has 12 heteroatoms. The van der Waals surface area contributed by atoms with Crippen molar-refractivity contribution in [2.45, 2.75) is 18.6 Å². The highest BCUT2D eigenvalue weighted by Gasteiger charge is 2.32. The van der Waals surface area contributed by atoms with E-state index in [1.165, 1.54) is 24.5 Å². The van der Waals surface area contributed by atoms with E-state index in [0.717, 1.165) is 12.3 Å². The second kappa shape index (κ2) is 8.43. The molecule has 1 atom stereocenters. The minimum atomic E-state index is -4.60. The van der Waals surface area contributed by atoms with E-state index in [2.05, 4.69) is 20.3 Å². The second-order valence-corrected chi connectivity index (χ2v) is 9.79. The number of nitrogens with zero attached hydrogens (tertiary/aromatic N) is 3. The molecule has 0 spiro atoms. The Hall–Kier alpha value is -3.54. The molecule has 3 aromatic heterocycles. The molecule has 1 unspecified atom stereocenters. The number of nitrogen functional groups attached to an aromatic ring is 1. The molecule has 8 nitrogen and oxygen atoms in total. The van der Waals surface area contributed by atoms with Crippen LogP contribution >= 0.6 is 0 Å². The molecule has 0 aliphatic carbocycles. The Balaban J connectivity index is 1.77. The zero-order valence-corrected chi connectivity index (χ0v) is 17.8. The van der Waals surface area contributed by atoms with Crippen LogP contribution in [-0.4, -0.2) is 46.8 Å². The molecule has 1 saturated heterocycles. The van der Waals surface area contributed by atoms with Crippen LogP contribution in [0.3, 0.4) is 0 Å². The number of carbonyl (C=O) groups is 1. The van der Waals surface area contributed by atoms with E-state index in [0.29, 0.717) is 5.56 Å². The predicted octanol–water partition coefficient (Wildman–Crippen LogP) is 2.72. The smallest absolute Gasteiger partial charge is 0.396 e. The highest BCUT2D eigenvalue weighted by molar-refractivity contribution is 7.91. The molecular formula is C21H18F3N5O3S. The summed E-state index contributed by atoms with van der Waals surface area (Å²) in [5.41, 5.74) is 6.35. The van der Waals surface area contributed by atoms with Gasteiger partial charge >= 0.3 is 6.18 Å². The topological polar surface area (TPSA) is 128 Å². The molecule has 3 aromatic rings. The van der Waals surface area contributed by atoms with Crippen molar-refractivity contribution in [1.82, 2.24) is 20.3 Å². The van der Waals surface area contributed by atoms with E-state index >= 15 is 0 Å². The molecule has 4 rings (SSSR count). The first-order valence-corrected chi connectivity index (χ1v) is 11.6. The largest absolute Gasteiger partial charge is 0.433 e. The number of rotatable bonds is 4. The number of nitrogens with two attached hydrogens (primary N) is 1. The Kier molecular flexibility index (Phi) is 5.78. The number of carbonyl (C=O) groups excluding carboxylic acids is 1. The molecule has 172 valence electrons. The molecule has 0 saturated carbocycles. The maximum Gasteiger partial charge on any atom is 0.433 e. The first kappa shape index (κ1) is 22.6. The van der Waals surface area contributed by atoms with Crippen molar-refractivity contribution in [3.63, 3.8) is 0 Å². The quantitative estimate of drug-likeness (QED) is 0.591. The average Bonchev–Trinajstić information content (AvgIpc) is 3.12. The van der Waals surface area contributed by atoms with Gasteiger partial charge in [0.1, 0.15) is 5.69 Å². The van der Waals surface area contributed by atoms with Crippen molar-refractivity contribution in [3.05, 3.63) is 60.2 Å². The van der Waals surface area contributed by atoms with Crippen LogP contribution < -0.4 is 11.1 Å². The van der Waals surface area contributed by atoms with Crippen LogP contribution in [-0.2, 0) is 16.0 Å². The summed E-state index contributed by atoms with van der Waals surface area (Å²) in [5.74, 6) is -0.800. The molecular weight excluding hydrogens is 459 g/mol. The van der Waals surface area contributed by atoms with Gasteiger partial charge in [0.2, 0.25) is 0 Å². The third-order valence-electron chi connectivity index (χ3n) is 5.16. The summed E-state index contributed by atoms with van der Waals surface area (Å²) in [4.78, 5) is 24.9. The average molecular weight is 477 g/mol. The zero-order valence-electron chi connectivity index (χ0n) is 17.0. The van der Waals surface area contributed by atoms with Gasteiger partial charge in [0.05, 0.1) is 34.1 Å². The van der Waals surface area contributed by atoms with Crippen LogP contribution in [0, 0.1) is 0 Å². The molecule has 4 heterocycles. The van der Waals surface area contributed by atoms with Gasteiger partial charge < -0.3 is 11.1 Å². The fraction of sp³-hybridized carbons (Fsp3) is 0.238. The van der Waals surface area contributed by atoms with E-state index in [1.54, 1.807) is 12.1 Å². The summed E-state index contributed by atoms with van der Waals surface area (Å²) in [6.07, 6.45) is -0.277. The molecule has 33 heavy (non-hydrogen) atoms. The van der Waals surface area contributed by atoms with E-state index in [1.807, 2.05) is 0 Å². The number of alkyl halides is 3. The standard InChI is InChI=1S/C21H18F3N5O3S/c22-21(23,24)17-4-3-12(10-27-17)16-8-15(20(30)28-14-5-7-33(31,32)11-14)18(25)19(29-16)13-2-1-6-26-9-13/h1-4,6,8-10,14H,5,7,11,25H2,(H,28,30). The van der Waals surface area contributed by atoms with Crippen LogP contribution in [0.2, 0.25) is 0 Å². The van der Waals surface area contributed by atoms with Crippen molar-refractivity contribution < 1.29 is 26.4 Å². The van der Waals surface area contributed by atoms with Crippen molar-refractivity contribution >= 4 is 21.4 Å². The van der Waals surface area contributed by atoms with Crippen LogP contribution in [0.15, 0.2) is 48.9 Å². The van der Waals surface area contributed by atoms with Gasteiger partial charge in [0.25, 0.3) is 5.91 Å². The monoisotopic (exact) mass is 477 g/mol. The Labute approximate surface area is 187 Å². The summed E-state index contributed by atoms with van der Waals surface area (Å²) in [6, 6.07) is 6.12. The Morgan fingerprint density at radius 1 is 1.15 bits per heavy atom. The summed E-state index contributed by atoms with van der Waals surface area (Å²) in [7, 11) is -3.22. The number of nitrogens with one attached hydrogen (secondary N) is 1. The lowest BCUT2D eigenvalue weighted by molar-refractivity contribution is -0.141. The molecule has 1 aliphatic heterocycles. The lowest BCUT2D eigenvalue weighted by Gasteiger charge is -2.16.